The van der Waals surface area contributed by atoms with Crippen LogP contribution >= 0.6 is 0 Å². The molecule has 2 aromatic heterocycles. The summed E-state index contributed by atoms with van der Waals surface area (Å²) in [6.07, 6.45) is 5.89. The van der Waals surface area contributed by atoms with Gasteiger partial charge in [-0.1, -0.05) is 0 Å². The maximum atomic E-state index is 5.66. The minimum atomic E-state index is 0.335. The SMILES string of the molecule is Cc1cc(N2CCCCC2C)cn2nc(N)nc12. The third-order valence-corrected chi connectivity index (χ3v) is 3.75. The highest BCUT2D eigenvalue weighted by Gasteiger charge is 2.19. The number of anilines is 2. The number of fused-ring (bicyclic) bond motifs is 1. The molecule has 0 aliphatic carbocycles. The van der Waals surface area contributed by atoms with Crippen molar-refractivity contribution in [2.45, 2.75) is 39.2 Å². The minimum absolute atomic E-state index is 0.335. The van der Waals surface area contributed by atoms with Crippen molar-refractivity contribution >= 4 is 17.3 Å². The highest BCUT2D eigenvalue weighted by molar-refractivity contribution is 5.58. The van der Waals surface area contributed by atoms with Gasteiger partial charge in [-0.05, 0) is 44.7 Å². The third-order valence-electron chi connectivity index (χ3n) is 3.75. The first-order chi connectivity index (χ1) is 8.65. The standard InChI is InChI=1S/C13H19N5/c1-9-7-11(17-6-4-3-5-10(17)2)8-18-12(9)15-13(14)16-18/h7-8,10H,3-6H2,1-2H3,(H2,14,16). The molecule has 18 heavy (non-hydrogen) atoms. The normalized spacial score (nSPS) is 20.6. The van der Waals surface area contributed by atoms with Crippen LogP contribution in [-0.2, 0) is 0 Å². The molecule has 1 atom stereocenters. The molecular weight excluding hydrogens is 226 g/mol. The molecule has 0 radical (unpaired) electrons. The number of hydrogen-bond donors (Lipinski definition) is 1. The van der Waals surface area contributed by atoms with Crippen molar-refractivity contribution in [2.24, 2.45) is 0 Å². The van der Waals surface area contributed by atoms with Gasteiger partial charge in [0.2, 0.25) is 5.95 Å². The van der Waals surface area contributed by atoms with E-state index in [9.17, 15) is 0 Å². The number of piperidine rings is 1. The fraction of sp³-hybridized carbons (Fsp3) is 0.538. The molecule has 2 N–H and O–H groups in total. The summed E-state index contributed by atoms with van der Waals surface area (Å²) < 4.78 is 1.79. The number of nitrogens with zero attached hydrogens (tertiary/aromatic N) is 4. The quantitative estimate of drug-likeness (QED) is 0.834. The second-order valence-electron chi connectivity index (χ2n) is 5.16. The number of rotatable bonds is 1. The zero-order chi connectivity index (χ0) is 12.7. The maximum absolute atomic E-state index is 5.66. The number of hydrogen-bond acceptors (Lipinski definition) is 4. The molecule has 0 spiro atoms. The fourth-order valence-corrected chi connectivity index (χ4v) is 2.79. The fourth-order valence-electron chi connectivity index (χ4n) is 2.79. The van der Waals surface area contributed by atoms with E-state index in [-0.39, 0.29) is 0 Å². The summed E-state index contributed by atoms with van der Waals surface area (Å²) in [6.45, 7) is 5.46. The molecule has 1 fully saturated rings. The van der Waals surface area contributed by atoms with Gasteiger partial charge in [0.25, 0.3) is 0 Å². The van der Waals surface area contributed by atoms with Crippen LogP contribution in [0, 0.1) is 6.92 Å². The summed E-state index contributed by atoms with van der Waals surface area (Å²) in [7, 11) is 0. The summed E-state index contributed by atoms with van der Waals surface area (Å²) in [4.78, 5) is 6.68. The van der Waals surface area contributed by atoms with Gasteiger partial charge in [0.05, 0.1) is 11.9 Å². The molecule has 0 saturated carbocycles. The second kappa shape index (κ2) is 4.15. The molecule has 0 aromatic carbocycles. The lowest BCUT2D eigenvalue weighted by atomic mass is 10.0. The predicted octanol–water partition coefficient (Wildman–Crippen LogP) is 2.00. The maximum Gasteiger partial charge on any atom is 0.240 e. The van der Waals surface area contributed by atoms with E-state index in [0.29, 0.717) is 12.0 Å². The molecule has 1 aliphatic heterocycles. The molecule has 3 rings (SSSR count). The van der Waals surface area contributed by atoms with Crippen LogP contribution in [0.1, 0.15) is 31.7 Å². The Hall–Kier alpha value is -1.78. The molecule has 3 heterocycles. The summed E-state index contributed by atoms with van der Waals surface area (Å²) in [5.74, 6) is 0.335. The first-order valence-corrected chi connectivity index (χ1v) is 6.54. The number of nitrogen functional groups attached to an aromatic ring is 1. The van der Waals surface area contributed by atoms with Gasteiger partial charge in [-0.2, -0.15) is 4.98 Å². The van der Waals surface area contributed by atoms with Crippen LogP contribution in [0.4, 0.5) is 11.6 Å². The minimum Gasteiger partial charge on any atom is -0.368 e. The van der Waals surface area contributed by atoms with Crippen LogP contribution < -0.4 is 10.6 Å². The average Bonchev–Trinajstić information content (AvgIpc) is 2.71. The second-order valence-corrected chi connectivity index (χ2v) is 5.16. The highest BCUT2D eigenvalue weighted by atomic mass is 15.3. The summed E-state index contributed by atoms with van der Waals surface area (Å²) in [6, 6.07) is 2.78. The molecule has 5 heteroatoms. The van der Waals surface area contributed by atoms with Crippen LogP contribution in [0.3, 0.4) is 0 Å². The van der Waals surface area contributed by atoms with Crippen molar-refractivity contribution in [1.29, 1.82) is 0 Å². The molecule has 96 valence electrons. The van der Waals surface area contributed by atoms with E-state index >= 15 is 0 Å². The highest BCUT2D eigenvalue weighted by Crippen LogP contribution is 2.26. The number of nitrogens with two attached hydrogens (primary N) is 1. The van der Waals surface area contributed by atoms with E-state index < -0.39 is 0 Å². The number of aryl methyl sites for hydroxylation is 1. The third kappa shape index (κ3) is 1.79. The van der Waals surface area contributed by atoms with Gasteiger partial charge in [-0.25, -0.2) is 4.52 Å². The smallest absolute Gasteiger partial charge is 0.240 e. The van der Waals surface area contributed by atoms with Crippen molar-refractivity contribution in [3.63, 3.8) is 0 Å². The van der Waals surface area contributed by atoms with E-state index in [0.717, 1.165) is 17.8 Å². The zero-order valence-corrected chi connectivity index (χ0v) is 10.9. The Morgan fingerprint density at radius 1 is 1.39 bits per heavy atom. The Morgan fingerprint density at radius 3 is 3.00 bits per heavy atom. The Bertz CT molecular complexity index is 574. The van der Waals surface area contributed by atoms with Crippen molar-refractivity contribution in [3.05, 3.63) is 17.8 Å². The van der Waals surface area contributed by atoms with Gasteiger partial charge in [-0.3, -0.25) is 0 Å². The Kier molecular flexibility index (Phi) is 2.61. The van der Waals surface area contributed by atoms with Gasteiger partial charge in [-0.15, -0.1) is 5.10 Å². The van der Waals surface area contributed by atoms with Crippen molar-refractivity contribution in [2.75, 3.05) is 17.2 Å². The molecule has 0 amide bonds. The lowest BCUT2D eigenvalue weighted by Crippen LogP contribution is -2.37. The molecular formula is C13H19N5. The molecule has 1 saturated heterocycles. The van der Waals surface area contributed by atoms with Crippen LogP contribution in [-0.4, -0.2) is 27.2 Å². The zero-order valence-electron chi connectivity index (χ0n) is 10.9. The van der Waals surface area contributed by atoms with E-state index in [2.05, 4.69) is 34.9 Å². The van der Waals surface area contributed by atoms with Gasteiger partial charge >= 0.3 is 0 Å². The van der Waals surface area contributed by atoms with Gasteiger partial charge < -0.3 is 10.6 Å². The number of aromatic nitrogens is 3. The van der Waals surface area contributed by atoms with E-state index in [1.54, 1.807) is 4.52 Å². The monoisotopic (exact) mass is 245 g/mol. The summed E-state index contributed by atoms with van der Waals surface area (Å²) in [5, 5.41) is 4.21. The molecule has 5 nitrogen and oxygen atoms in total. The lowest BCUT2D eigenvalue weighted by Gasteiger charge is -2.35. The Morgan fingerprint density at radius 2 is 2.22 bits per heavy atom. The lowest BCUT2D eigenvalue weighted by molar-refractivity contribution is 0.484. The summed E-state index contributed by atoms with van der Waals surface area (Å²) in [5.41, 5.74) is 8.85. The van der Waals surface area contributed by atoms with E-state index in [4.69, 9.17) is 5.73 Å². The molecule has 1 unspecified atom stereocenters. The van der Waals surface area contributed by atoms with Crippen LogP contribution in [0.5, 0.6) is 0 Å². The molecule has 0 bridgehead atoms. The van der Waals surface area contributed by atoms with Crippen molar-refractivity contribution in [3.8, 4) is 0 Å². The Labute approximate surface area is 107 Å². The summed E-state index contributed by atoms with van der Waals surface area (Å²) >= 11 is 0. The Balaban J connectivity index is 2.06. The van der Waals surface area contributed by atoms with Gasteiger partial charge in [0.1, 0.15) is 0 Å². The first-order valence-electron chi connectivity index (χ1n) is 6.54. The van der Waals surface area contributed by atoms with Gasteiger partial charge in [0.15, 0.2) is 5.65 Å². The van der Waals surface area contributed by atoms with E-state index in [1.165, 1.54) is 24.9 Å². The largest absolute Gasteiger partial charge is 0.368 e. The van der Waals surface area contributed by atoms with Crippen LogP contribution in [0.15, 0.2) is 12.3 Å². The average molecular weight is 245 g/mol. The van der Waals surface area contributed by atoms with E-state index in [1.807, 2.05) is 6.20 Å². The van der Waals surface area contributed by atoms with Crippen molar-refractivity contribution < 1.29 is 0 Å². The van der Waals surface area contributed by atoms with Gasteiger partial charge in [0, 0.05) is 12.6 Å². The first kappa shape index (κ1) is 11.3. The molecule has 1 aliphatic rings. The molecule has 2 aromatic rings. The van der Waals surface area contributed by atoms with Crippen LogP contribution in [0.25, 0.3) is 5.65 Å². The van der Waals surface area contributed by atoms with Crippen LogP contribution in [0.2, 0.25) is 0 Å². The predicted molar refractivity (Wildman–Crippen MR) is 72.8 cm³/mol. The van der Waals surface area contributed by atoms with Crippen molar-refractivity contribution in [1.82, 2.24) is 14.6 Å². The topological polar surface area (TPSA) is 59.5 Å². The number of pyridine rings is 1.